The Morgan fingerprint density at radius 2 is 1.77 bits per heavy atom. The van der Waals surface area contributed by atoms with E-state index in [2.05, 4.69) is 0 Å². The van der Waals surface area contributed by atoms with E-state index in [1.165, 1.54) is 11.0 Å². The van der Waals surface area contributed by atoms with Crippen LogP contribution in [0.1, 0.15) is 17.0 Å². The molecule has 1 aliphatic heterocycles. The van der Waals surface area contributed by atoms with Crippen LogP contribution in [0.3, 0.4) is 0 Å². The van der Waals surface area contributed by atoms with Gasteiger partial charge in [0.2, 0.25) is 5.91 Å². The monoisotopic (exact) mass is 379 g/mol. The summed E-state index contributed by atoms with van der Waals surface area (Å²) in [4.78, 5) is 25.6. The van der Waals surface area contributed by atoms with E-state index >= 15 is 0 Å². The molecule has 1 amide bonds. The Kier molecular flexibility index (Phi) is 5.23. The van der Waals surface area contributed by atoms with Crippen LogP contribution in [0.4, 0.5) is 8.78 Å². The van der Waals surface area contributed by atoms with E-state index < -0.39 is 23.5 Å². The third kappa shape index (κ3) is 3.85. The van der Waals surface area contributed by atoms with Crippen LogP contribution in [0, 0.1) is 17.6 Å². The first kappa shape index (κ1) is 18.3. The molecule has 3 rings (SSSR count). The molecule has 2 aromatic rings. The summed E-state index contributed by atoms with van der Waals surface area (Å²) in [6, 6.07) is 10.2. The van der Waals surface area contributed by atoms with Crippen LogP contribution in [-0.4, -0.2) is 35.0 Å². The van der Waals surface area contributed by atoms with Gasteiger partial charge in [-0.3, -0.25) is 9.59 Å². The lowest BCUT2D eigenvalue weighted by atomic mass is 9.89. The minimum absolute atomic E-state index is 0.0745. The molecular weight excluding hydrogens is 364 g/mol. The smallest absolute Gasteiger partial charge is 0.308 e. The van der Waals surface area contributed by atoms with Gasteiger partial charge in [0, 0.05) is 24.0 Å². The third-order valence-electron chi connectivity index (χ3n) is 4.63. The number of halogens is 3. The molecule has 1 N–H and O–H groups in total. The highest BCUT2D eigenvalue weighted by atomic mass is 35.5. The van der Waals surface area contributed by atoms with Gasteiger partial charge in [0.15, 0.2) is 11.6 Å². The highest BCUT2D eigenvalue weighted by Gasteiger charge is 2.40. The van der Waals surface area contributed by atoms with Crippen molar-refractivity contribution < 1.29 is 23.5 Å². The minimum Gasteiger partial charge on any atom is -0.481 e. The number of carboxylic acids is 1. The zero-order valence-electron chi connectivity index (χ0n) is 13.7. The van der Waals surface area contributed by atoms with Crippen LogP contribution in [-0.2, 0) is 16.0 Å². The second kappa shape index (κ2) is 7.41. The highest BCUT2D eigenvalue weighted by Crippen LogP contribution is 2.34. The van der Waals surface area contributed by atoms with Gasteiger partial charge >= 0.3 is 5.97 Å². The van der Waals surface area contributed by atoms with Crippen molar-refractivity contribution in [3.05, 3.63) is 70.2 Å². The Balaban J connectivity index is 1.76. The molecule has 0 spiro atoms. The lowest BCUT2D eigenvalue weighted by Gasteiger charge is -2.17. The molecule has 1 fully saturated rings. The van der Waals surface area contributed by atoms with E-state index in [4.69, 9.17) is 11.6 Å². The van der Waals surface area contributed by atoms with Gasteiger partial charge in [-0.2, -0.15) is 0 Å². The number of rotatable bonds is 4. The number of hydrogen-bond acceptors (Lipinski definition) is 2. The summed E-state index contributed by atoms with van der Waals surface area (Å²) in [6.45, 7) is 0.326. The van der Waals surface area contributed by atoms with Crippen molar-refractivity contribution in [3.8, 4) is 0 Å². The number of benzene rings is 2. The molecule has 2 aromatic carbocycles. The number of carbonyl (C=O) groups excluding carboxylic acids is 1. The molecule has 0 aromatic heterocycles. The molecule has 1 saturated heterocycles. The molecular formula is C19H16ClF2NO3. The van der Waals surface area contributed by atoms with E-state index in [1.807, 2.05) is 0 Å². The molecule has 0 unspecified atom stereocenters. The van der Waals surface area contributed by atoms with E-state index in [1.54, 1.807) is 24.3 Å². The largest absolute Gasteiger partial charge is 0.481 e. The third-order valence-corrected chi connectivity index (χ3v) is 4.88. The van der Waals surface area contributed by atoms with Crippen molar-refractivity contribution >= 4 is 23.5 Å². The van der Waals surface area contributed by atoms with Crippen molar-refractivity contribution in [2.75, 3.05) is 13.1 Å². The van der Waals surface area contributed by atoms with Crippen LogP contribution in [0.5, 0.6) is 0 Å². The molecule has 0 radical (unpaired) electrons. The number of carbonyl (C=O) groups is 2. The summed E-state index contributed by atoms with van der Waals surface area (Å²) < 4.78 is 26.3. The number of hydrogen-bond donors (Lipinski definition) is 1. The van der Waals surface area contributed by atoms with Gasteiger partial charge in [-0.1, -0.05) is 29.8 Å². The number of carboxylic acid groups (broad SMARTS) is 1. The van der Waals surface area contributed by atoms with E-state index in [0.29, 0.717) is 10.6 Å². The van der Waals surface area contributed by atoms with Crippen molar-refractivity contribution in [2.45, 2.75) is 12.3 Å². The van der Waals surface area contributed by atoms with Gasteiger partial charge in [0.05, 0.1) is 12.3 Å². The molecule has 0 saturated carbocycles. The van der Waals surface area contributed by atoms with Crippen LogP contribution < -0.4 is 0 Å². The summed E-state index contributed by atoms with van der Waals surface area (Å²) in [7, 11) is 0. The zero-order chi connectivity index (χ0) is 18.8. The second-order valence-electron chi connectivity index (χ2n) is 6.33. The molecule has 1 heterocycles. The lowest BCUT2D eigenvalue weighted by Crippen LogP contribution is -2.31. The van der Waals surface area contributed by atoms with Crippen LogP contribution in [0.25, 0.3) is 0 Å². The van der Waals surface area contributed by atoms with Crippen molar-refractivity contribution in [1.82, 2.24) is 4.90 Å². The molecule has 0 aliphatic carbocycles. The predicted molar refractivity (Wildman–Crippen MR) is 92.0 cm³/mol. The van der Waals surface area contributed by atoms with Crippen LogP contribution >= 0.6 is 11.6 Å². The fourth-order valence-electron chi connectivity index (χ4n) is 3.24. The summed E-state index contributed by atoms with van der Waals surface area (Å²) in [5.74, 6) is -4.37. The predicted octanol–water partition coefficient (Wildman–Crippen LogP) is 3.49. The fraction of sp³-hybridized carbons (Fsp3) is 0.263. The van der Waals surface area contributed by atoms with E-state index in [-0.39, 0.29) is 31.3 Å². The van der Waals surface area contributed by atoms with Gasteiger partial charge in [0.1, 0.15) is 0 Å². The molecule has 26 heavy (non-hydrogen) atoms. The zero-order valence-corrected chi connectivity index (χ0v) is 14.4. The molecule has 0 bridgehead atoms. The quantitative estimate of drug-likeness (QED) is 0.884. The fourth-order valence-corrected chi connectivity index (χ4v) is 3.37. The van der Waals surface area contributed by atoms with E-state index in [0.717, 1.165) is 17.7 Å². The van der Waals surface area contributed by atoms with Gasteiger partial charge < -0.3 is 10.0 Å². The molecule has 2 atom stereocenters. The normalized spacial score (nSPS) is 19.6. The molecule has 7 heteroatoms. The Bertz CT molecular complexity index is 841. The van der Waals surface area contributed by atoms with Crippen molar-refractivity contribution in [1.29, 1.82) is 0 Å². The van der Waals surface area contributed by atoms with Gasteiger partial charge in [-0.05, 0) is 35.4 Å². The molecule has 136 valence electrons. The Labute approximate surface area is 154 Å². The standard InChI is InChI=1S/C19H16ClF2NO3/c20-13-4-2-12(3-5-13)14-9-23(10-15(14)19(25)26)18(24)8-11-1-6-16(21)17(22)7-11/h1-7,14-15H,8-10H2,(H,25,26)/t14-,15+/m0/s1. The average Bonchev–Trinajstić information content (AvgIpc) is 3.04. The highest BCUT2D eigenvalue weighted by molar-refractivity contribution is 6.30. The summed E-state index contributed by atoms with van der Waals surface area (Å²) in [5, 5.41) is 10.0. The summed E-state index contributed by atoms with van der Waals surface area (Å²) in [5.41, 5.74) is 1.14. The van der Waals surface area contributed by atoms with Crippen LogP contribution in [0.2, 0.25) is 5.02 Å². The maximum atomic E-state index is 13.3. The lowest BCUT2D eigenvalue weighted by molar-refractivity contribution is -0.141. The van der Waals surface area contributed by atoms with Crippen molar-refractivity contribution in [3.63, 3.8) is 0 Å². The number of aliphatic carboxylic acids is 1. The van der Waals surface area contributed by atoms with Crippen LogP contribution in [0.15, 0.2) is 42.5 Å². The number of amides is 1. The van der Waals surface area contributed by atoms with Gasteiger partial charge in [0.25, 0.3) is 0 Å². The average molecular weight is 380 g/mol. The SMILES string of the molecule is O=C(O)[C@@H]1CN(C(=O)Cc2ccc(F)c(F)c2)C[C@H]1c1ccc(Cl)cc1. The molecule has 4 nitrogen and oxygen atoms in total. The number of likely N-dealkylation sites (tertiary alicyclic amines) is 1. The maximum Gasteiger partial charge on any atom is 0.308 e. The Hall–Kier alpha value is -2.47. The topological polar surface area (TPSA) is 57.6 Å². The Morgan fingerprint density at radius 1 is 1.08 bits per heavy atom. The molecule has 1 aliphatic rings. The van der Waals surface area contributed by atoms with Gasteiger partial charge in [-0.15, -0.1) is 0 Å². The van der Waals surface area contributed by atoms with Crippen molar-refractivity contribution in [2.24, 2.45) is 5.92 Å². The summed E-state index contributed by atoms with van der Waals surface area (Å²) >= 11 is 5.87. The Morgan fingerprint density at radius 3 is 2.38 bits per heavy atom. The summed E-state index contributed by atoms with van der Waals surface area (Å²) in [6.07, 6.45) is -0.114. The minimum atomic E-state index is -1.01. The second-order valence-corrected chi connectivity index (χ2v) is 6.76. The van der Waals surface area contributed by atoms with Gasteiger partial charge in [-0.25, -0.2) is 8.78 Å². The number of nitrogens with zero attached hydrogens (tertiary/aromatic N) is 1. The first-order valence-corrected chi connectivity index (χ1v) is 8.43. The maximum absolute atomic E-state index is 13.3. The first-order valence-electron chi connectivity index (χ1n) is 8.05. The first-order chi connectivity index (χ1) is 12.3. The van der Waals surface area contributed by atoms with E-state index in [9.17, 15) is 23.5 Å².